The second-order valence-corrected chi connectivity index (χ2v) is 12.2. The van der Waals surface area contributed by atoms with Gasteiger partial charge in [-0.15, -0.1) is 0 Å². The molecule has 6 heteroatoms. The van der Waals surface area contributed by atoms with Gasteiger partial charge in [0.1, 0.15) is 11.5 Å². The first-order chi connectivity index (χ1) is 19.4. The van der Waals surface area contributed by atoms with E-state index >= 15 is 0 Å². The van der Waals surface area contributed by atoms with Crippen LogP contribution in [0.2, 0.25) is 0 Å². The summed E-state index contributed by atoms with van der Waals surface area (Å²) in [6, 6.07) is 27.3. The topological polar surface area (TPSA) is 47.8 Å². The van der Waals surface area contributed by atoms with Gasteiger partial charge < -0.3 is 19.5 Å². The number of pyridine rings is 1. The number of anilines is 2. The van der Waals surface area contributed by atoms with Crippen LogP contribution in [-0.4, -0.2) is 64.4 Å². The molecule has 0 bridgehead atoms. The number of aliphatic hydroxyl groups is 1. The molecule has 3 heterocycles. The van der Waals surface area contributed by atoms with E-state index in [4.69, 9.17) is 4.98 Å². The van der Waals surface area contributed by atoms with Crippen LogP contribution in [-0.2, 0) is 13.0 Å². The van der Waals surface area contributed by atoms with E-state index in [0.717, 1.165) is 50.6 Å². The normalized spacial score (nSPS) is 21.0. The first kappa shape index (κ1) is 26.9. The highest BCUT2D eigenvalue weighted by Gasteiger charge is 2.34. The van der Waals surface area contributed by atoms with Gasteiger partial charge in [-0.3, -0.25) is 4.90 Å². The van der Waals surface area contributed by atoms with E-state index in [1.165, 1.54) is 35.0 Å². The Bertz CT molecular complexity index is 1400. The lowest BCUT2D eigenvalue weighted by molar-refractivity contribution is 0.0564. The Labute approximate surface area is 238 Å². The Kier molecular flexibility index (Phi) is 7.56. The molecule has 0 amide bonds. The summed E-state index contributed by atoms with van der Waals surface area (Å²) in [5, 5.41) is 11.6. The molecule has 0 radical (unpaired) electrons. The van der Waals surface area contributed by atoms with Crippen LogP contribution in [0.4, 0.5) is 11.5 Å². The van der Waals surface area contributed by atoms with E-state index in [-0.39, 0.29) is 0 Å². The highest BCUT2D eigenvalue weighted by Crippen LogP contribution is 2.38. The van der Waals surface area contributed by atoms with Gasteiger partial charge >= 0.3 is 0 Å². The van der Waals surface area contributed by atoms with Crippen LogP contribution in [0.5, 0.6) is 0 Å². The molecule has 6 nitrogen and oxygen atoms in total. The average Bonchev–Trinajstić information content (AvgIpc) is 3.36. The Morgan fingerprint density at radius 1 is 0.875 bits per heavy atom. The zero-order chi connectivity index (χ0) is 27.7. The predicted octanol–water partition coefficient (Wildman–Crippen LogP) is 5.90. The minimum atomic E-state index is -0.639. The molecular weight excluding hydrogens is 494 g/mol. The van der Waals surface area contributed by atoms with Gasteiger partial charge in [0, 0.05) is 68.5 Å². The number of aromatic nitrogens is 2. The van der Waals surface area contributed by atoms with Crippen molar-refractivity contribution >= 4 is 22.5 Å². The van der Waals surface area contributed by atoms with E-state index in [1.807, 2.05) is 13.8 Å². The molecule has 2 aromatic heterocycles. The minimum absolute atomic E-state index is 0.518. The quantitative estimate of drug-likeness (QED) is 0.288. The summed E-state index contributed by atoms with van der Waals surface area (Å²) in [5.41, 5.74) is 4.31. The maximum atomic E-state index is 10.4. The number of nitrogens with zero attached hydrogens (tertiary/aromatic N) is 5. The number of piperazine rings is 1. The van der Waals surface area contributed by atoms with E-state index in [0.29, 0.717) is 18.5 Å². The van der Waals surface area contributed by atoms with E-state index in [2.05, 4.69) is 105 Å². The highest BCUT2D eigenvalue weighted by molar-refractivity contribution is 5.78. The molecule has 1 unspecified atom stereocenters. The first-order valence-corrected chi connectivity index (χ1v) is 14.9. The second kappa shape index (κ2) is 11.3. The standard InChI is InChI=1S/C34H43N5O/c1-4-34(2,40)24-26-10-13-29(14-11-26)37-18-20-38(21-19-37)32-15-12-28-16-17-39(33(28)35-32)31-22-30(23-31)36(3)25-27-8-6-5-7-9-27/h5-17,30-31,40H,4,18-25H2,1-3H3. The molecule has 2 fully saturated rings. The Balaban J connectivity index is 1.06. The zero-order valence-corrected chi connectivity index (χ0v) is 24.2. The van der Waals surface area contributed by atoms with Gasteiger partial charge in [0.2, 0.25) is 0 Å². The van der Waals surface area contributed by atoms with Crippen molar-refractivity contribution in [1.29, 1.82) is 0 Å². The number of fused-ring (bicyclic) bond motifs is 1. The van der Waals surface area contributed by atoms with Gasteiger partial charge in [0.05, 0.1) is 5.60 Å². The summed E-state index contributed by atoms with van der Waals surface area (Å²) in [6.45, 7) is 8.83. The van der Waals surface area contributed by atoms with Crippen molar-refractivity contribution in [2.75, 3.05) is 43.0 Å². The van der Waals surface area contributed by atoms with Gasteiger partial charge in [0.25, 0.3) is 0 Å². The van der Waals surface area contributed by atoms with Gasteiger partial charge in [-0.05, 0) is 74.7 Å². The van der Waals surface area contributed by atoms with E-state index < -0.39 is 5.60 Å². The molecule has 210 valence electrons. The maximum Gasteiger partial charge on any atom is 0.142 e. The van der Waals surface area contributed by atoms with Crippen LogP contribution in [0.1, 0.15) is 50.3 Å². The van der Waals surface area contributed by atoms with Gasteiger partial charge in [-0.1, -0.05) is 49.4 Å². The molecule has 1 aliphatic carbocycles. The van der Waals surface area contributed by atoms with Crippen molar-refractivity contribution in [2.24, 2.45) is 0 Å². The maximum absolute atomic E-state index is 10.4. The number of rotatable bonds is 9. The Hall–Kier alpha value is -3.35. The lowest BCUT2D eigenvalue weighted by Crippen LogP contribution is -2.46. The van der Waals surface area contributed by atoms with Crippen LogP contribution in [0.15, 0.2) is 79.0 Å². The van der Waals surface area contributed by atoms with Crippen molar-refractivity contribution < 1.29 is 5.11 Å². The second-order valence-electron chi connectivity index (χ2n) is 12.2. The third-order valence-corrected chi connectivity index (χ3v) is 9.18. The molecule has 4 aromatic rings. The van der Waals surface area contributed by atoms with Crippen molar-refractivity contribution in [3.63, 3.8) is 0 Å². The smallest absolute Gasteiger partial charge is 0.142 e. The third kappa shape index (κ3) is 5.74. The average molecular weight is 538 g/mol. The molecule has 1 N–H and O–H groups in total. The fourth-order valence-electron chi connectivity index (χ4n) is 6.22. The lowest BCUT2D eigenvalue weighted by atomic mass is 9.85. The number of benzene rings is 2. The summed E-state index contributed by atoms with van der Waals surface area (Å²) < 4.78 is 2.42. The lowest BCUT2D eigenvalue weighted by Gasteiger charge is -2.42. The molecule has 1 saturated heterocycles. The largest absolute Gasteiger partial charge is 0.390 e. The fourth-order valence-corrected chi connectivity index (χ4v) is 6.22. The van der Waals surface area contributed by atoms with Crippen LogP contribution in [0.3, 0.4) is 0 Å². The molecule has 2 aliphatic rings. The molecule has 1 atom stereocenters. The van der Waals surface area contributed by atoms with Crippen LogP contribution >= 0.6 is 0 Å². The van der Waals surface area contributed by atoms with Crippen LogP contribution < -0.4 is 9.80 Å². The zero-order valence-electron chi connectivity index (χ0n) is 24.2. The van der Waals surface area contributed by atoms with E-state index in [1.54, 1.807) is 0 Å². The van der Waals surface area contributed by atoms with Gasteiger partial charge in [-0.25, -0.2) is 4.98 Å². The highest BCUT2D eigenvalue weighted by atomic mass is 16.3. The summed E-state index contributed by atoms with van der Waals surface area (Å²) in [7, 11) is 2.25. The molecule has 1 aliphatic heterocycles. The van der Waals surface area contributed by atoms with Crippen molar-refractivity contribution in [1.82, 2.24) is 14.5 Å². The molecule has 40 heavy (non-hydrogen) atoms. The van der Waals surface area contributed by atoms with Gasteiger partial charge in [-0.2, -0.15) is 0 Å². The number of hydrogen-bond acceptors (Lipinski definition) is 5. The monoisotopic (exact) mass is 537 g/mol. The predicted molar refractivity (Wildman–Crippen MR) is 165 cm³/mol. The Morgan fingerprint density at radius 3 is 2.27 bits per heavy atom. The summed E-state index contributed by atoms with van der Waals surface area (Å²) in [6.07, 6.45) is 6.04. The third-order valence-electron chi connectivity index (χ3n) is 9.18. The SMILES string of the molecule is CCC(C)(O)Cc1ccc(N2CCN(c3ccc4ccn(C5CC(N(C)Cc6ccccc6)C5)c4n3)CC2)cc1. The summed E-state index contributed by atoms with van der Waals surface area (Å²) in [4.78, 5) is 12.6. The first-order valence-electron chi connectivity index (χ1n) is 14.9. The van der Waals surface area contributed by atoms with Crippen LogP contribution in [0.25, 0.3) is 11.0 Å². The fraction of sp³-hybridized carbons (Fsp3) is 0.441. The van der Waals surface area contributed by atoms with Gasteiger partial charge in [0.15, 0.2) is 0 Å². The molecule has 2 aromatic carbocycles. The Morgan fingerprint density at radius 2 is 1.57 bits per heavy atom. The minimum Gasteiger partial charge on any atom is -0.390 e. The molecule has 1 saturated carbocycles. The molecule has 0 spiro atoms. The summed E-state index contributed by atoms with van der Waals surface area (Å²) in [5.74, 6) is 1.08. The van der Waals surface area contributed by atoms with Crippen LogP contribution in [0, 0.1) is 0 Å². The summed E-state index contributed by atoms with van der Waals surface area (Å²) >= 11 is 0. The molecular formula is C34H43N5O. The molecule has 6 rings (SSSR count). The number of hydrogen-bond donors (Lipinski definition) is 1. The van der Waals surface area contributed by atoms with Crippen molar-refractivity contribution in [2.45, 2.75) is 63.8 Å². The van der Waals surface area contributed by atoms with Crippen molar-refractivity contribution in [3.05, 3.63) is 90.1 Å². The van der Waals surface area contributed by atoms with E-state index in [9.17, 15) is 5.11 Å². The van der Waals surface area contributed by atoms with Crippen molar-refractivity contribution in [3.8, 4) is 0 Å².